The minimum atomic E-state index is -2.28. The largest absolute Gasteiger partial charge is 0.463 e. The first-order chi connectivity index (χ1) is 9.58. The van der Waals surface area contributed by atoms with Crippen LogP contribution in [0.1, 0.15) is 6.42 Å². The van der Waals surface area contributed by atoms with E-state index in [1.807, 2.05) is 6.55 Å². The predicted octanol–water partition coefficient (Wildman–Crippen LogP) is 1.50. The van der Waals surface area contributed by atoms with E-state index in [2.05, 4.69) is 6.58 Å². The summed E-state index contributed by atoms with van der Waals surface area (Å²) in [5, 5.41) is 0. The first kappa shape index (κ1) is 19.3. The summed E-state index contributed by atoms with van der Waals surface area (Å²) >= 11 is 0. The fourth-order valence-corrected chi connectivity index (χ4v) is 3.68. The normalized spacial score (nSPS) is 11.3. The van der Waals surface area contributed by atoms with E-state index in [9.17, 15) is 4.79 Å². The first-order valence-electron chi connectivity index (χ1n) is 6.63. The monoisotopic (exact) mass is 306 g/mol. The number of esters is 1. The van der Waals surface area contributed by atoms with Gasteiger partial charge in [0.25, 0.3) is 0 Å². The van der Waals surface area contributed by atoms with Crippen LogP contribution in [-0.2, 0) is 27.9 Å². The summed E-state index contributed by atoms with van der Waals surface area (Å²) in [5.74, 6) is -0.408. The average molecular weight is 306 g/mol. The molecule has 7 heteroatoms. The molecule has 0 N–H and O–H groups in total. The fraction of sp³-hybridized carbons (Fsp3) is 0.769. The molecule has 0 aromatic rings. The van der Waals surface area contributed by atoms with Crippen LogP contribution in [0.4, 0.5) is 0 Å². The summed E-state index contributed by atoms with van der Waals surface area (Å²) in [6, 6.07) is 0.741. The Morgan fingerprint density at radius 3 is 2.05 bits per heavy atom. The van der Waals surface area contributed by atoms with Gasteiger partial charge in [-0.15, -0.1) is 0 Å². The first-order valence-corrected chi connectivity index (χ1v) is 9.15. The molecule has 0 aliphatic carbocycles. The van der Waals surface area contributed by atoms with Crippen molar-refractivity contribution in [3.63, 3.8) is 0 Å². The van der Waals surface area contributed by atoms with Gasteiger partial charge in [0.2, 0.25) is 0 Å². The van der Waals surface area contributed by atoms with Gasteiger partial charge in [-0.25, -0.2) is 4.79 Å². The van der Waals surface area contributed by atoms with Crippen molar-refractivity contribution >= 4 is 14.5 Å². The molecule has 0 aliphatic rings. The molecule has 0 saturated heterocycles. The smallest absolute Gasteiger partial charge is 0.335 e. The lowest BCUT2D eigenvalue weighted by molar-refractivity contribution is -0.137. The number of hydrogen-bond acceptors (Lipinski definition) is 6. The molecule has 0 rings (SSSR count). The summed E-state index contributed by atoms with van der Waals surface area (Å²) in [6.07, 6.45) is 1.85. The summed E-state index contributed by atoms with van der Waals surface area (Å²) in [7, 11) is 0.972. The highest BCUT2D eigenvalue weighted by molar-refractivity contribution is 6.66. The van der Waals surface area contributed by atoms with Crippen LogP contribution >= 0.6 is 0 Å². The van der Waals surface area contributed by atoms with Crippen molar-refractivity contribution in [3.05, 3.63) is 12.7 Å². The zero-order valence-electron chi connectivity index (χ0n) is 12.7. The number of hydrogen-bond donors (Lipinski definition) is 0. The van der Waals surface area contributed by atoms with Crippen LogP contribution < -0.4 is 0 Å². The van der Waals surface area contributed by atoms with Crippen LogP contribution in [0.2, 0.25) is 12.6 Å². The molecule has 6 nitrogen and oxygen atoms in total. The van der Waals surface area contributed by atoms with Gasteiger partial charge in [0.15, 0.2) is 0 Å². The molecule has 0 radical (unpaired) electrons. The number of carbonyl (C=O) groups is 1. The van der Waals surface area contributed by atoms with E-state index in [1.54, 1.807) is 14.2 Å². The van der Waals surface area contributed by atoms with Crippen molar-refractivity contribution in [2.24, 2.45) is 0 Å². The van der Waals surface area contributed by atoms with Crippen LogP contribution in [-0.4, -0.2) is 61.8 Å². The number of carbonyl (C=O) groups excluding carboxylic acids is 1. The third-order valence-electron chi connectivity index (χ3n) is 2.58. The van der Waals surface area contributed by atoms with E-state index in [1.165, 1.54) is 0 Å². The van der Waals surface area contributed by atoms with Crippen LogP contribution in [0.25, 0.3) is 0 Å². The van der Waals surface area contributed by atoms with Crippen molar-refractivity contribution < 1.29 is 27.9 Å². The molecule has 0 fully saturated rings. The highest BCUT2D eigenvalue weighted by Crippen LogP contribution is 2.16. The Kier molecular flexibility index (Phi) is 11.6. The Bertz CT molecular complexity index is 262. The fourth-order valence-electron chi connectivity index (χ4n) is 1.49. The average Bonchev–Trinajstić information content (AvgIpc) is 2.44. The van der Waals surface area contributed by atoms with Gasteiger partial charge < -0.3 is 23.1 Å². The lowest BCUT2D eigenvalue weighted by Crippen LogP contribution is -2.40. The Morgan fingerprint density at radius 1 is 1.05 bits per heavy atom. The van der Waals surface area contributed by atoms with E-state index < -0.39 is 14.5 Å². The van der Waals surface area contributed by atoms with Crippen molar-refractivity contribution in [1.29, 1.82) is 0 Å². The standard InChI is InChI=1S/C13H26O6Si/c1-5-13(14)17-7-6-12-20(4,18-10-8-15-2)19-11-9-16-3/h5H,1,6-12H2,2-4H3. The number of ether oxygens (including phenoxy) is 3. The zero-order chi connectivity index (χ0) is 15.3. The zero-order valence-corrected chi connectivity index (χ0v) is 13.7. The summed E-state index contributed by atoms with van der Waals surface area (Å²) < 4.78 is 26.5. The molecule has 0 unspecified atom stereocenters. The topological polar surface area (TPSA) is 63.2 Å². The number of rotatable bonds is 13. The van der Waals surface area contributed by atoms with Crippen LogP contribution in [0.3, 0.4) is 0 Å². The second-order valence-electron chi connectivity index (χ2n) is 4.29. The van der Waals surface area contributed by atoms with Gasteiger partial charge in [-0.3, -0.25) is 0 Å². The maximum Gasteiger partial charge on any atom is 0.335 e. The maximum atomic E-state index is 10.9. The quantitative estimate of drug-likeness (QED) is 0.222. The molecule has 0 amide bonds. The van der Waals surface area contributed by atoms with Gasteiger partial charge >= 0.3 is 14.5 Å². The Hall–Kier alpha value is -0.733. The lowest BCUT2D eigenvalue weighted by Gasteiger charge is -2.27. The SMILES string of the molecule is C=CC(=O)OCCC[Si](C)(OCCOC)OCCOC. The van der Waals surface area contributed by atoms with Crippen LogP contribution in [0.15, 0.2) is 12.7 Å². The van der Waals surface area contributed by atoms with Gasteiger partial charge in [-0.2, -0.15) is 0 Å². The second kappa shape index (κ2) is 12.0. The number of methoxy groups -OCH3 is 2. The van der Waals surface area contributed by atoms with E-state index >= 15 is 0 Å². The van der Waals surface area contributed by atoms with E-state index in [0.29, 0.717) is 39.5 Å². The molecule has 0 heterocycles. The molecule has 0 bridgehead atoms. The molecule has 0 aromatic heterocycles. The second-order valence-corrected chi connectivity index (χ2v) is 7.64. The maximum absolute atomic E-state index is 10.9. The van der Waals surface area contributed by atoms with Crippen LogP contribution in [0.5, 0.6) is 0 Å². The third-order valence-corrected chi connectivity index (χ3v) is 5.47. The summed E-state index contributed by atoms with van der Waals surface area (Å²) in [6.45, 7) is 7.74. The lowest BCUT2D eigenvalue weighted by atomic mass is 10.5. The third kappa shape index (κ3) is 10.1. The van der Waals surface area contributed by atoms with Crippen molar-refractivity contribution in [3.8, 4) is 0 Å². The van der Waals surface area contributed by atoms with E-state index in [-0.39, 0.29) is 0 Å². The van der Waals surface area contributed by atoms with Gasteiger partial charge in [0.1, 0.15) is 0 Å². The molecule has 118 valence electrons. The highest BCUT2D eigenvalue weighted by Gasteiger charge is 2.31. The molecule has 0 spiro atoms. The van der Waals surface area contributed by atoms with Crippen LogP contribution in [0, 0.1) is 0 Å². The Balaban J connectivity index is 4.07. The molecule has 0 aromatic carbocycles. The molecule has 0 aliphatic heterocycles. The summed E-state index contributed by atoms with van der Waals surface area (Å²) in [4.78, 5) is 10.9. The minimum absolute atomic E-state index is 0.342. The molecule has 0 saturated carbocycles. The molecule has 20 heavy (non-hydrogen) atoms. The van der Waals surface area contributed by atoms with Gasteiger partial charge in [0, 0.05) is 20.3 Å². The van der Waals surface area contributed by atoms with Gasteiger partial charge in [-0.1, -0.05) is 6.58 Å². The van der Waals surface area contributed by atoms with E-state index in [4.69, 9.17) is 23.1 Å². The molecule has 0 atom stereocenters. The van der Waals surface area contributed by atoms with Gasteiger partial charge in [0.05, 0.1) is 33.0 Å². The van der Waals surface area contributed by atoms with Crippen molar-refractivity contribution in [2.75, 3.05) is 47.3 Å². The van der Waals surface area contributed by atoms with Crippen molar-refractivity contribution in [2.45, 2.75) is 19.0 Å². The highest BCUT2D eigenvalue weighted by atomic mass is 28.4. The molecular weight excluding hydrogens is 280 g/mol. The van der Waals surface area contributed by atoms with E-state index in [0.717, 1.165) is 12.1 Å². The minimum Gasteiger partial charge on any atom is -0.463 e. The summed E-state index contributed by atoms with van der Waals surface area (Å²) in [5.41, 5.74) is 0. The Labute approximate surface area is 122 Å². The molecular formula is C13H26O6Si. The van der Waals surface area contributed by atoms with Crippen molar-refractivity contribution in [1.82, 2.24) is 0 Å². The Morgan fingerprint density at radius 2 is 1.60 bits per heavy atom. The predicted molar refractivity (Wildman–Crippen MR) is 77.9 cm³/mol. The van der Waals surface area contributed by atoms with Gasteiger partial charge in [-0.05, 0) is 19.0 Å².